The van der Waals surface area contributed by atoms with Gasteiger partial charge in [0, 0.05) is 17.0 Å². The van der Waals surface area contributed by atoms with E-state index in [1.54, 1.807) is 6.07 Å². The molecule has 0 saturated carbocycles. The summed E-state index contributed by atoms with van der Waals surface area (Å²) in [4.78, 5) is 4.83. The summed E-state index contributed by atoms with van der Waals surface area (Å²) in [5.41, 5.74) is 7.33. The van der Waals surface area contributed by atoms with Crippen molar-refractivity contribution in [3.05, 3.63) is 113 Å². The number of aliphatic imine (C=N–C) groups is 1. The fourth-order valence-electron chi connectivity index (χ4n) is 5.40. The summed E-state index contributed by atoms with van der Waals surface area (Å²) in [6.07, 6.45) is 9.61. The average Bonchev–Trinajstić information content (AvgIpc) is 3.21. The highest BCUT2D eigenvalue weighted by Crippen LogP contribution is 2.32. The Hall–Kier alpha value is -3.26. The van der Waals surface area contributed by atoms with Gasteiger partial charge in [-0.25, -0.2) is 4.39 Å². The number of hydrogen-bond acceptors (Lipinski definition) is 1. The Morgan fingerprint density at radius 3 is 2.39 bits per heavy atom. The van der Waals surface area contributed by atoms with E-state index in [0.717, 1.165) is 65.6 Å². The van der Waals surface area contributed by atoms with Crippen LogP contribution < -0.4 is 0 Å². The minimum Gasteiger partial charge on any atom is -0.258 e. The van der Waals surface area contributed by atoms with Crippen molar-refractivity contribution in [2.45, 2.75) is 65.7 Å². The van der Waals surface area contributed by atoms with E-state index in [1.165, 1.54) is 11.1 Å². The lowest BCUT2D eigenvalue weighted by Gasteiger charge is -2.17. The SMILES string of the molecule is C=C(/C=C(/Cc1ccccc1)C1=NC(C)=CC1C)c1cc(F)c2cc(C(CCC)CCC)ccc2c1. The molecule has 1 nitrogen and oxygen atoms in total. The molecule has 0 spiro atoms. The summed E-state index contributed by atoms with van der Waals surface area (Å²) in [6, 6.07) is 20.5. The van der Waals surface area contributed by atoms with Crippen LogP contribution in [0.4, 0.5) is 4.39 Å². The van der Waals surface area contributed by atoms with E-state index in [9.17, 15) is 0 Å². The van der Waals surface area contributed by atoms with E-state index in [2.05, 4.69) is 88.0 Å². The Labute approximate surface area is 216 Å². The van der Waals surface area contributed by atoms with Crippen LogP contribution in [0.3, 0.4) is 0 Å². The Bertz CT molecular complexity index is 1320. The van der Waals surface area contributed by atoms with Crippen molar-refractivity contribution in [1.82, 2.24) is 0 Å². The molecule has 186 valence electrons. The van der Waals surface area contributed by atoms with Gasteiger partial charge in [-0.2, -0.15) is 0 Å². The van der Waals surface area contributed by atoms with Gasteiger partial charge in [-0.05, 0) is 89.6 Å². The Morgan fingerprint density at radius 2 is 1.75 bits per heavy atom. The van der Waals surface area contributed by atoms with Crippen LogP contribution >= 0.6 is 0 Å². The van der Waals surface area contributed by atoms with Crippen molar-refractivity contribution in [2.24, 2.45) is 10.9 Å². The van der Waals surface area contributed by atoms with E-state index < -0.39 is 0 Å². The molecule has 36 heavy (non-hydrogen) atoms. The number of rotatable bonds is 10. The summed E-state index contributed by atoms with van der Waals surface area (Å²) in [5.74, 6) is 0.561. The maximum Gasteiger partial charge on any atom is 0.131 e. The molecule has 3 aromatic rings. The van der Waals surface area contributed by atoms with Crippen molar-refractivity contribution in [2.75, 3.05) is 0 Å². The molecule has 2 heteroatoms. The molecular formula is C34H38FN. The molecule has 0 amide bonds. The summed E-state index contributed by atoms with van der Waals surface area (Å²) in [6.45, 7) is 13.0. The van der Waals surface area contributed by atoms with Crippen molar-refractivity contribution >= 4 is 22.1 Å². The smallest absolute Gasteiger partial charge is 0.131 e. The fourth-order valence-corrected chi connectivity index (χ4v) is 5.40. The first-order valence-corrected chi connectivity index (χ1v) is 13.3. The summed E-state index contributed by atoms with van der Waals surface area (Å²) in [7, 11) is 0. The fraction of sp³-hybridized carbons (Fsp3) is 0.324. The zero-order chi connectivity index (χ0) is 25.7. The van der Waals surface area contributed by atoms with Crippen LogP contribution in [-0.2, 0) is 6.42 Å². The number of fused-ring (bicyclic) bond motifs is 1. The second-order valence-corrected chi connectivity index (χ2v) is 10.2. The molecule has 0 radical (unpaired) electrons. The van der Waals surface area contributed by atoms with E-state index in [1.807, 2.05) is 13.0 Å². The third kappa shape index (κ3) is 5.93. The summed E-state index contributed by atoms with van der Waals surface area (Å²) in [5, 5.41) is 1.62. The number of hydrogen-bond donors (Lipinski definition) is 0. The van der Waals surface area contributed by atoms with Crippen LogP contribution in [0.1, 0.15) is 76.0 Å². The minimum absolute atomic E-state index is 0.181. The van der Waals surface area contributed by atoms with E-state index in [-0.39, 0.29) is 11.7 Å². The summed E-state index contributed by atoms with van der Waals surface area (Å²) >= 11 is 0. The maximum absolute atomic E-state index is 15.4. The van der Waals surface area contributed by atoms with Gasteiger partial charge in [0.2, 0.25) is 0 Å². The van der Waals surface area contributed by atoms with Gasteiger partial charge in [0.15, 0.2) is 0 Å². The largest absolute Gasteiger partial charge is 0.258 e. The topological polar surface area (TPSA) is 12.4 Å². The van der Waals surface area contributed by atoms with Gasteiger partial charge in [-0.15, -0.1) is 0 Å². The van der Waals surface area contributed by atoms with Crippen LogP contribution in [0.25, 0.3) is 16.3 Å². The van der Waals surface area contributed by atoms with Crippen molar-refractivity contribution in [3.8, 4) is 0 Å². The second kappa shape index (κ2) is 11.6. The molecule has 0 bridgehead atoms. The molecule has 1 atom stereocenters. The third-order valence-electron chi connectivity index (χ3n) is 7.18. The predicted octanol–water partition coefficient (Wildman–Crippen LogP) is 9.84. The quantitative estimate of drug-likeness (QED) is 0.257. The van der Waals surface area contributed by atoms with Crippen LogP contribution in [-0.4, -0.2) is 5.71 Å². The monoisotopic (exact) mass is 479 g/mol. The van der Waals surface area contributed by atoms with Crippen molar-refractivity contribution in [1.29, 1.82) is 0 Å². The molecule has 1 heterocycles. The van der Waals surface area contributed by atoms with Crippen molar-refractivity contribution in [3.63, 3.8) is 0 Å². The predicted molar refractivity (Wildman–Crippen MR) is 154 cm³/mol. The molecule has 4 rings (SSSR count). The molecule has 1 aliphatic rings. The van der Waals surface area contributed by atoms with Crippen molar-refractivity contribution < 1.29 is 4.39 Å². The zero-order valence-electron chi connectivity index (χ0n) is 22.2. The van der Waals surface area contributed by atoms with Crippen LogP contribution in [0.15, 0.2) is 95.7 Å². The first-order valence-electron chi connectivity index (χ1n) is 13.3. The molecule has 0 N–H and O–H groups in total. The van der Waals surface area contributed by atoms with Gasteiger partial charge < -0.3 is 0 Å². The molecule has 1 aliphatic heterocycles. The third-order valence-corrected chi connectivity index (χ3v) is 7.18. The molecule has 3 aromatic carbocycles. The van der Waals surface area contributed by atoms with E-state index in [0.29, 0.717) is 11.3 Å². The van der Waals surface area contributed by atoms with Gasteiger partial charge in [-0.1, -0.05) is 88.7 Å². The van der Waals surface area contributed by atoms with Gasteiger partial charge in [0.05, 0.1) is 5.71 Å². The first kappa shape index (κ1) is 25.8. The highest BCUT2D eigenvalue weighted by molar-refractivity contribution is 6.06. The standard InChI is InChI=1S/C34H38FN/c1-6-11-27(12-7-2)28-15-16-29-20-30(22-33(35)32(29)21-28)23(3)18-31(19-26-13-9-8-10-14-26)34-24(4)17-25(5)36-34/h8-10,13-18,20-22,24,27H,3,6-7,11-12,19H2,1-2,4-5H3/b31-18-. The average molecular weight is 480 g/mol. The Balaban J connectivity index is 1.69. The van der Waals surface area contributed by atoms with Crippen LogP contribution in [0.2, 0.25) is 0 Å². The van der Waals surface area contributed by atoms with E-state index >= 15 is 4.39 Å². The lowest BCUT2D eigenvalue weighted by atomic mass is 9.88. The normalized spacial score (nSPS) is 15.9. The number of halogens is 1. The lowest BCUT2D eigenvalue weighted by Crippen LogP contribution is -2.11. The van der Waals surface area contributed by atoms with Gasteiger partial charge in [-0.3, -0.25) is 4.99 Å². The number of nitrogens with zero attached hydrogens (tertiary/aromatic N) is 1. The number of benzene rings is 3. The molecule has 0 aliphatic carbocycles. The van der Waals surface area contributed by atoms with Crippen LogP contribution in [0, 0.1) is 11.7 Å². The highest BCUT2D eigenvalue weighted by atomic mass is 19.1. The molecule has 1 unspecified atom stereocenters. The zero-order valence-corrected chi connectivity index (χ0v) is 22.2. The Kier molecular flexibility index (Phi) is 8.36. The Morgan fingerprint density at radius 1 is 1.03 bits per heavy atom. The highest BCUT2D eigenvalue weighted by Gasteiger charge is 2.20. The molecule has 0 saturated heterocycles. The lowest BCUT2D eigenvalue weighted by molar-refractivity contribution is 0.561. The second-order valence-electron chi connectivity index (χ2n) is 10.2. The van der Waals surface area contributed by atoms with Crippen LogP contribution in [0.5, 0.6) is 0 Å². The molecule has 0 aromatic heterocycles. The van der Waals surface area contributed by atoms with Gasteiger partial charge >= 0.3 is 0 Å². The number of allylic oxidation sites excluding steroid dienone is 5. The van der Waals surface area contributed by atoms with Gasteiger partial charge in [0.1, 0.15) is 5.82 Å². The first-order chi connectivity index (χ1) is 17.4. The van der Waals surface area contributed by atoms with E-state index in [4.69, 9.17) is 4.99 Å². The molecule has 0 fully saturated rings. The minimum atomic E-state index is -0.181. The maximum atomic E-state index is 15.4. The molecular weight excluding hydrogens is 441 g/mol. The summed E-state index contributed by atoms with van der Waals surface area (Å²) < 4.78 is 15.4. The van der Waals surface area contributed by atoms with Gasteiger partial charge in [0.25, 0.3) is 0 Å².